The fraction of sp³-hybridized carbons (Fsp3) is 0.0149. The van der Waals surface area contributed by atoms with Crippen molar-refractivity contribution in [3.05, 3.63) is 295 Å². The Labute approximate surface area is 407 Å². The van der Waals surface area contributed by atoms with Gasteiger partial charge in [-0.05, 0) is 115 Å². The maximum atomic E-state index is 2.49. The van der Waals surface area contributed by atoms with Crippen LogP contribution >= 0.6 is 11.3 Å². The first-order chi connectivity index (χ1) is 34.2. The van der Waals surface area contributed by atoms with Crippen molar-refractivity contribution < 1.29 is 0 Å². The predicted octanol–water partition coefficient (Wildman–Crippen LogP) is 18.6. The van der Waals surface area contributed by atoms with Crippen LogP contribution in [0.1, 0.15) is 22.3 Å². The molecule has 0 bridgehead atoms. The summed E-state index contributed by atoms with van der Waals surface area (Å²) in [6.07, 6.45) is 0. The summed E-state index contributed by atoms with van der Waals surface area (Å²) in [5, 5.41) is 2.62. The van der Waals surface area contributed by atoms with E-state index in [9.17, 15) is 0 Å². The van der Waals surface area contributed by atoms with Crippen LogP contribution < -0.4 is 4.90 Å². The molecule has 324 valence electrons. The fourth-order valence-corrected chi connectivity index (χ4v) is 12.2. The number of hydrogen-bond donors (Lipinski definition) is 0. The number of fused-ring (bicyclic) bond motifs is 6. The molecule has 0 N–H and O–H groups in total. The summed E-state index contributed by atoms with van der Waals surface area (Å²) in [4.78, 5) is 2.49. The molecule has 13 rings (SSSR count). The highest BCUT2D eigenvalue weighted by Crippen LogP contribution is 2.57. The number of anilines is 3. The molecule has 0 radical (unpaired) electrons. The number of rotatable bonds is 9. The maximum absolute atomic E-state index is 2.49. The Morgan fingerprint density at radius 3 is 1.49 bits per heavy atom. The van der Waals surface area contributed by atoms with Crippen LogP contribution in [0.15, 0.2) is 273 Å². The molecule has 11 aromatic carbocycles. The molecule has 1 nitrogen and oxygen atoms in total. The molecular weight excluding hydrogens is 851 g/mol. The van der Waals surface area contributed by atoms with E-state index in [0.29, 0.717) is 0 Å². The van der Waals surface area contributed by atoms with Gasteiger partial charge in [0.25, 0.3) is 0 Å². The molecule has 2 heteroatoms. The summed E-state index contributed by atoms with van der Waals surface area (Å²) < 4.78 is 2.63. The zero-order valence-electron chi connectivity index (χ0n) is 37.8. The first-order valence-electron chi connectivity index (χ1n) is 23.7. The van der Waals surface area contributed by atoms with Crippen molar-refractivity contribution >= 4 is 48.6 Å². The first kappa shape index (κ1) is 40.7. The van der Waals surface area contributed by atoms with E-state index in [1.807, 2.05) is 11.3 Å². The minimum Gasteiger partial charge on any atom is -0.310 e. The van der Waals surface area contributed by atoms with Gasteiger partial charge in [-0.3, -0.25) is 0 Å². The topological polar surface area (TPSA) is 3.24 Å². The molecule has 0 amide bonds. The SMILES string of the molecule is c1ccc(-c2ccc(-c3cc(-c4ccccc4)ccc3N(c3ccc(-c4cccc5c4sc4ccccc45)cc3)c3ccc4c(c3)C(c3ccccc3)(c3ccccc3)c3ccccc3-4)cc2)cc1. The van der Waals surface area contributed by atoms with Crippen LogP contribution in [-0.2, 0) is 5.41 Å². The summed E-state index contributed by atoms with van der Waals surface area (Å²) in [5.41, 5.74) is 19.8. The van der Waals surface area contributed by atoms with Gasteiger partial charge in [0.1, 0.15) is 0 Å². The van der Waals surface area contributed by atoms with E-state index in [0.717, 1.165) is 28.2 Å². The Kier molecular flexibility index (Phi) is 10.00. The Morgan fingerprint density at radius 2 is 0.783 bits per heavy atom. The second-order valence-electron chi connectivity index (χ2n) is 18.0. The molecule has 1 aliphatic rings. The molecule has 0 saturated carbocycles. The molecule has 1 aromatic heterocycles. The molecule has 12 aromatic rings. The molecule has 69 heavy (non-hydrogen) atoms. The minimum atomic E-state index is -0.545. The van der Waals surface area contributed by atoms with Gasteiger partial charge in [0.2, 0.25) is 0 Å². The third kappa shape index (κ3) is 6.83. The molecule has 0 saturated heterocycles. The average molecular weight is 896 g/mol. The lowest BCUT2D eigenvalue weighted by atomic mass is 9.67. The standard InChI is InChI=1S/C67H45NS/c1-5-18-46(19-6-1)48-32-34-50(35-33-48)61-44-51(47-20-7-2-8-21-47)38-43-64(61)68(54-39-36-49(37-40-54)56-28-17-29-60-59-27-14-16-31-65(59)69-66(56)60)55-41-42-58-57-26-13-15-30-62(57)67(63(58)45-55,52-22-9-3-10-23-52)53-24-11-4-12-25-53/h1-45H. The van der Waals surface area contributed by atoms with E-state index in [1.54, 1.807) is 0 Å². The molecule has 0 spiro atoms. The Morgan fingerprint density at radius 1 is 0.290 bits per heavy atom. The quantitative estimate of drug-likeness (QED) is 0.140. The van der Waals surface area contributed by atoms with Crippen molar-refractivity contribution in [3.8, 4) is 55.6 Å². The molecule has 0 aliphatic heterocycles. The number of nitrogens with zero attached hydrogens (tertiary/aromatic N) is 1. The van der Waals surface area contributed by atoms with Gasteiger partial charge in [0.15, 0.2) is 0 Å². The van der Waals surface area contributed by atoms with Crippen molar-refractivity contribution in [1.29, 1.82) is 0 Å². The van der Waals surface area contributed by atoms with E-state index < -0.39 is 5.41 Å². The molecule has 0 atom stereocenters. The number of thiophene rings is 1. The zero-order valence-corrected chi connectivity index (χ0v) is 38.7. The van der Waals surface area contributed by atoms with Crippen LogP contribution in [0, 0.1) is 0 Å². The van der Waals surface area contributed by atoms with Crippen LogP contribution in [0.2, 0.25) is 0 Å². The van der Waals surface area contributed by atoms with Gasteiger partial charge in [0.05, 0.1) is 11.1 Å². The third-order valence-corrected chi connectivity index (χ3v) is 15.4. The third-order valence-electron chi connectivity index (χ3n) is 14.2. The first-order valence-corrected chi connectivity index (χ1v) is 24.6. The van der Waals surface area contributed by atoms with Crippen LogP contribution in [0.25, 0.3) is 75.8 Å². The normalized spacial score (nSPS) is 12.5. The largest absolute Gasteiger partial charge is 0.310 e. The predicted molar refractivity (Wildman–Crippen MR) is 293 cm³/mol. The monoisotopic (exact) mass is 895 g/mol. The molecule has 1 heterocycles. The van der Waals surface area contributed by atoms with Gasteiger partial charge in [-0.2, -0.15) is 0 Å². The van der Waals surface area contributed by atoms with Gasteiger partial charge in [-0.15, -0.1) is 11.3 Å². The summed E-state index contributed by atoms with van der Waals surface area (Å²) >= 11 is 1.88. The van der Waals surface area contributed by atoms with Crippen molar-refractivity contribution in [2.45, 2.75) is 5.41 Å². The van der Waals surface area contributed by atoms with Crippen molar-refractivity contribution in [1.82, 2.24) is 0 Å². The van der Waals surface area contributed by atoms with E-state index in [1.165, 1.54) is 86.9 Å². The van der Waals surface area contributed by atoms with Crippen LogP contribution in [0.3, 0.4) is 0 Å². The molecule has 0 fully saturated rings. The second-order valence-corrected chi connectivity index (χ2v) is 19.0. The van der Waals surface area contributed by atoms with Gasteiger partial charge < -0.3 is 4.90 Å². The molecule has 1 aliphatic carbocycles. The van der Waals surface area contributed by atoms with Gasteiger partial charge in [-0.25, -0.2) is 0 Å². The maximum Gasteiger partial charge on any atom is 0.0714 e. The molecule has 0 unspecified atom stereocenters. The minimum absolute atomic E-state index is 0.545. The second kappa shape index (κ2) is 16.9. The molecular formula is C67H45NS. The van der Waals surface area contributed by atoms with Crippen molar-refractivity contribution in [3.63, 3.8) is 0 Å². The highest BCUT2D eigenvalue weighted by Gasteiger charge is 2.46. The fourth-order valence-electron chi connectivity index (χ4n) is 11.0. The van der Waals surface area contributed by atoms with Gasteiger partial charge in [0, 0.05) is 37.1 Å². The smallest absolute Gasteiger partial charge is 0.0714 e. The lowest BCUT2D eigenvalue weighted by Crippen LogP contribution is -2.28. The summed E-state index contributed by atoms with van der Waals surface area (Å²) in [5.74, 6) is 0. The van der Waals surface area contributed by atoms with Crippen LogP contribution in [0.4, 0.5) is 17.1 Å². The van der Waals surface area contributed by atoms with Crippen LogP contribution in [-0.4, -0.2) is 0 Å². The van der Waals surface area contributed by atoms with Gasteiger partial charge >= 0.3 is 0 Å². The van der Waals surface area contributed by atoms with Crippen LogP contribution in [0.5, 0.6) is 0 Å². The van der Waals surface area contributed by atoms with E-state index >= 15 is 0 Å². The summed E-state index contributed by atoms with van der Waals surface area (Å²) in [6, 6.07) is 101. The Hall–Kier alpha value is -8.56. The summed E-state index contributed by atoms with van der Waals surface area (Å²) in [7, 11) is 0. The Bertz CT molecular complexity index is 3760. The number of hydrogen-bond acceptors (Lipinski definition) is 2. The lowest BCUT2D eigenvalue weighted by Gasteiger charge is -2.35. The number of benzene rings is 11. The van der Waals surface area contributed by atoms with Crippen molar-refractivity contribution in [2.75, 3.05) is 4.90 Å². The van der Waals surface area contributed by atoms with Crippen molar-refractivity contribution in [2.24, 2.45) is 0 Å². The summed E-state index contributed by atoms with van der Waals surface area (Å²) in [6.45, 7) is 0. The zero-order chi connectivity index (χ0) is 45.7. The average Bonchev–Trinajstić information content (AvgIpc) is 3.96. The highest BCUT2D eigenvalue weighted by molar-refractivity contribution is 7.26. The van der Waals surface area contributed by atoms with E-state index in [4.69, 9.17) is 0 Å². The van der Waals surface area contributed by atoms with Gasteiger partial charge in [-0.1, -0.05) is 231 Å². The van der Waals surface area contributed by atoms with E-state index in [2.05, 4.69) is 278 Å². The highest BCUT2D eigenvalue weighted by atomic mass is 32.1. The van der Waals surface area contributed by atoms with E-state index in [-0.39, 0.29) is 0 Å². The Balaban J connectivity index is 1.05. The lowest BCUT2D eigenvalue weighted by molar-refractivity contribution is 0.768.